The Labute approximate surface area is 101 Å². The fraction of sp³-hybridized carbons (Fsp3) is 0.900. The standard InChI is InChI=1S/C10H19NO5S/c1-16-9(13)3-2-6-17(14,15)11-7-10(8-12)4-5-10/h11-12H,2-8H2,1H3. The number of esters is 1. The van der Waals surface area contributed by atoms with Crippen LogP contribution in [0.5, 0.6) is 0 Å². The van der Waals surface area contributed by atoms with Gasteiger partial charge in [-0.15, -0.1) is 0 Å². The van der Waals surface area contributed by atoms with Crippen LogP contribution in [0.4, 0.5) is 0 Å². The van der Waals surface area contributed by atoms with Gasteiger partial charge in [0.15, 0.2) is 0 Å². The first-order valence-corrected chi connectivity index (χ1v) is 7.23. The predicted molar refractivity (Wildman–Crippen MR) is 61.8 cm³/mol. The molecule has 0 aromatic heterocycles. The van der Waals surface area contributed by atoms with Gasteiger partial charge in [-0.05, 0) is 19.3 Å². The van der Waals surface area contributed by atoms with Gasteiger partial charge in [0, 0.05) is 25.0 Å². The Morgan fingerprint density at radius 3 is 2.59 bits per heavy atom. The third kappa shape index (κ3) is 5.01. The van der Waals surface area contributed by atoms with Gasteiger partial charge in [0.2, 0.25) is 10.0 Å². The first kappa shape index (κ1) is 14.4. The molecule has 0 bridgehead atoms. The highest BCUT2D eigenvalue weighted by molar-refractivity contribution is 7.89. The molecule has 0 saturated heterocycles. The minimum Gasteiger partial charge on any atom is -0.469 e. The maximum Gasteiger partial charge on any atom is 0.305 e. The van der Waals surface area contributed by atoms with Crippen molar-refractivity contribution < 1.29 is 23.1 Å². The van der Waals surface area contributed by atoms with E-state index >= 15 is 0 Å². The van der Waals surface area contributed by atoms with E-state index in [1.807, 2.05) is 0 Å². The monoisotopic (exact) mass is 265 g/mol. The topological polar surface area (TPSA) is 92.7 Å². The average molecular weight is 265 g/mol. The fourth-order valence-electron chi connectivity index (χ4n) is 1.41. The van der Waals surface area contributed by atoms with Gasteiger partial charge < -0.3 is 9.84 Å². The molecule has 0 spiro atoms. The number of ether oxygens (including phenoxy) is 1. The molecule has 0 amide bonds. The first-order valence-electron chi connectivity index (χ1n) is 5.58. The number of aliphatic hydroxyl groups is 1. The second kappa shape index (κ2) is 5.79. The van der Waals surface area contributed by atoms with Crippen LogP contribution >= 0.6 is 0 Å². The summed E-state index contributed by atoms with van der Waals surface area (Å²) in [5.74, 6) is -0.502. The molecule has 0 aliphatic heterocycles. The highest BCUT2D eigenvalue weighted by Gasteiger charge is 2.42. The van der Waals surface area contributed by atoms with Crippen LogP contribution in [0.15, 0.2) is 0 Å². The van der Waals surface area contributed by atoms with Crippen molar-refractivity contribution in [3.63, 3.8) is 0 Å². The van der Waals surface area contributed by atoms with Crippen molar-refractivity contribution in [3.05, 3.63) is 0 Å². The van der Waals surface area contributed by atoms with Gasteiger partial charge in [0.05, 0.1) is 12.9 Å². The van der Waals surface area contributed by atoms with Crippen LogP contribution in [-0.4, -0.2) is 45.5 Å². The number of carbonyl (C=O) groups is 1. The van der Waals surface area contributed by atoms with E-state index in [9.17, 15) is 13.2 Å². The van der Waals surface area contributed by atoms with Crippen molar-refractivity contribution in [3.8, 4) is 0 Å². The lowest BCUT2D eigenvalue weighted by Gasteiger charge is -2.12. The molecular formula is C10H19NO5S. The summed E-state index contributed by atoms with van der Waals surface area (Å²) in [5, 5.41) is 9.04. The summed E-state index contributed by atoms with van der Waals surface area (Å²) in [4.78, 5) is 10.8. The largest absolute Gasteiger partial charge is 0.469 e. The zero-order valence-corrected chi connectivity index (χ0v) is 10.8. The molecule has 1 saturated carbocycles. The highest BCUT2D eigenvalue weighted by atomic mass is 32.2. The fourth-order valence-corrected chi connectivity index (χ4v) is 2.61. The van der Waals surface area contributed by atoms with Gasteiger partial charge >= 0.3 is 5.97 Å². The molecule has 0 atom stereocenters. The molecule has 0 radical (unpaired) electrons. The number of hydrogen-bond acceptors (Lipinski definition) is 5. The molecule has 1 aliphatic rings. The Kier molecular flexibility index (Phi) is 4.91. The summed E-state index contributed by atoms with van der Waals surface area (Å²) in [6.45, 7) is 0.293. The van der Waals surface area contributed by atoms with E-state index in [4.69, 9.17) is 5.11 Å². The van der Waals surface area contributed by atoms with Crippen LogP contribution < -0.4 is 4.72 Å². The normalized spacial score (nSPS) is 17.8. The molecule has 1 rings (SSSR count). The second-order valence-corrected chi connectivity index (χ2v) is 6.40. The number of sulfonamides is 1. The molecular weight excluding hydrogens is 246 g/mol. The van der Waals surface area contributed by atoms with Crippen molar-refractivity contribution in [1.82, 2.24) is 4.72 Å². The van der Waals surface area contributed by atoms with Gasteiger partial charge in [-0.25, -0.2) is 13.1 Å². The van der Waals surface area contributed by atoms with Crippen LogP contribution in [0, 0.1) is 5.41 Å². The summed E-state index contributed by atoms with van der Waals surface area (Å²) in [7, 11) is -2.09. The SMILES string of the molecule is COC(=O)CCCS(=O)(=O)NCC1(CO)CC1. The quantitative estimate of drug-likeness (QED) is 0.584. The number of rotatable bonds is 8. The summed E-state index contributed by atoms with van der Waals surface area (Å²) < 4.78 is 30.0. The average Bonchev–Trinajstić information content (AvgIpc) is 3.07. The minimum absolute atomic E-state index is 0.0116. The molecule has 100 valence electrons. The zero-order valence-electron chi connectivity index (χ0n) is 9.94. The number of carbonyl (C=O) groups excluding carboxylic acids is 1. The van der Waals surface area contributed by atoms with Gasteiger partial charge in [-0.1, -0.05) is 0 Å². The lowest BCUT2D eigenvalue weighted by atomic mass is 10.1. The van der Waals surface area contributed by atoms with Crippen molar-refractivity contribution in [2.45, 2.75) is 25.7 Å². The third-order valence-corrected chi connectivity index (χ3v) is 4.39. The summed E-state index contributed by atoms with van der Waals surface area (Å²) in [5.41, 5.74) is -0.241. The molecule has 17 heavy (non-hydrogen) atoms. The first-order chi connectivity index (χ1) is 7.93. The maximum atomic E-state index is 11.5. The van der Waals surface area contributed by atoms with Crippen LogP contribution in [0.25, 0.3) is 0 Å². The number of aliphatic hydroxyl groups excluding tert-OH is 1. The summed E-state index contributed by atoms with van der Waals surface area (Å²) in [6.07, 6.45) is 2.05. The molecule has 1 aliphatic carbocycles. The molecule has 0 aromatic rings. The predicted octanol–water partition coefficient (Wildman–Crippen LogP) is -0.369. The van der Waals surface area contributed by atoms with Gasteiger partial charge in [0.1, 0.15) is 0 Å². The van der Waals surface area contributed by atoms with Crippen LogP contribution in [-0.2, 0) is 19.6 Å². The van der Waals surface area contributed by atoms with E-state index in [1.54, 1.807) is 0 Å². The molecule has 0 aromatic carbocycles. The van der Waals surface area contributed by atoms with E-state index < -0.39 is 16.0 Å². The van der Waals surface area contributed by atoms with Crippen molar-refractivity contribution in [2.75, 3.05) is 26.0 Å². The molecule has 1 fully saturated rings. The van der Waals surface area contributed by atoms with Gasteiger partial charge in [0.25, 0.3) is 0 Å². The van der Waals surface area contributed by atoms with E-state index in [2.05, 4.69) is 9.46 Å². The Morgan fingerprint density at radius 1 is 1.47 bits per heavy atom. The van der Waals surface area contributed by atoms with E-state index in [1.165, 1.54) is 7.11 Å². The van der Waals surface area contributed by atoms with E-state index in [-0.39, 0.29) is 37.2 Å². The lowest BCUT2D eigenvalue weighted by Crippen LogP contribution is -2.33. The van der Waals surface area contributed by atoms with Crippen LogP contribution in [0.3, 0.4) is 0 Å². The Hall–Kier alpha value is -0.660. The van der Waals surface area contributed by atoms with Crippen molar-refractivity contribution in [2.24, 2.45) is 5.41 Å². The third-order valence-electron chi connectivity index (χ3n) is 2.98. The lowest BCUT2D eigenvalue weighted by molar-refractivity contribution is -0.140. The molecule has 0 heterocycles. The van der Waals surface area contributed by atoms with Gasteiger partial charge in [-0.3, -0.25) is 4.79 Å². The zero-order chi connectivity index (χ0) is 12.9. The number of hydrogen-bond donors (Lipinski definition) is 2. The Bertz CT molecular complexity index is 361. The Morgan fingerprint density at radius 2 is 2.12 bits per heavy atom. The van der Waals surface area contributed by atoms with Crippen molar-refractivity contribution >= 4 is 16.0 Å². The summed E-state index contributed by atoms with van der Waals surface area (Å²) in [6, 6.07) is 0. The van der Waals surface area contributed by atoms with E-state index in [0.717, 1.165) is 12.8 Å². The second-order valence-electron chi connectivity index (χ2n) is 4.48. The molecule has 6 nitrogen and oxygen atoms in total. The smallest absolute Gasteiger partial charge is 0.305 e. The van der Waals surface area contributed by atoms with Crippen molar-refractivity contribution in [1.29, 1.82) is 0 Å². The van der Waals surface area contributed by atoms with Crippen LogP contribution in [0.1, 0.15) is 25.7 Å². The number of methoxy groups -OCH3 is 1. The Balaban J connectivity index is 2.24. The van der Waals surface area contributed by atoms with E-state index in [0.29, 0.717) is 0 Å². The molecule has 2 N–H and O–H groups in total. The maximum absolute atomic E-state index is 11.5. The highest BCUT2D eigenvalue weighted by Crippen LogP contribution is 2.44. The molecule has 0 unspecified atom stereocenters. The molecule has 7 heteroatoms. The minimum atomic E-state index is -3.36. The van der Waals surface area contributed by atoms with Crippen LogP contribution in [0.2, 0.25) is 0 Å². The van der Waals surface area contributed by atoms with Gasteiger partial charge in [-0.2, -0.15) is 0 Å². The number of nitrogens with one attached hydrogen (secondary N) is 1. The summed E-state index contributed by atoms with van der Waals surface area (Å²) >= 11 is 0.